The van der Waals surface area contributed by atoms with E-state index in [4.69, 9.17) is 16.7 Å². The molecule has 3 nitrogen and oxygen atoms in total. The maximum absolute atomic E-state index is 8.56. The number of nitrogens with two attached hydrogens (primary N) is 2. The fourth-order valence-electron chi connectivity index (χ4n) is 0.551. The van der Waals surface area contributed by atoms with E-state index in [0.717, 1.165) is 0 Å². The monoisotopic (exact) mass is 169 g/mol. The van der Waals surface area contributed by atoms with Gasteiger partial charge in [0.1, 0.15) is 16.6 Å². The van der Waals surface area contributed by atoms with Crippen LogP contribution in [0.15, 0.2) is 11.3 Å². The molecule has 0 atom stereocenters. The van der Waals surface area contributed by atoms with Crippen LogP contribution >= 0.6 is 12.2 Å². The molecule has 0 saturated heterocycles. The van der Waals surface area contributed by atoms with Gasteiger partial charge in [-0.1, -0.05) is 26.1 Å². The Bertz CT molecular complexity index is 235. The lowest BCUT2D eigenvalue weighted by atomic mass is 10.1. The maximum atomic E-state index is 8.56. The molecule has 4 N–H and O–H groups in total. The Balaban J connectivity index is 4.88. The molecule has 0 unspecified atom stereocenters. The number of allylic oxidation sites excluding steroid dienone is 1. The summed E-state index contributed by atoms with van der Waals surface area (Å²) in [5.41, 5.74) is 11.5. The smallest absolute Gasteiger partial charge is 0.116 e. The molecule has 0 rings (SSSR count). The van der Waals surface area contributed by atoms with Gasteiger partial charge in [0, 0.05) is 5.70 Å². The van der Waals surface area contributed by atoms with Crippen LogP contribution in [0.4, 0.5) is 0 Å². The molecule has 60 valence electrons. The summed E-state index contributed by atoms with van der Waals surface area (Å²) >= 11 is 4.63. The predicted molar refractivity (Wildman–Crippen MR) is 48.4 cm³/mol. The Hall–Kier alpha value is -1.08. The van der Waals surface area contributed by atoms with Crippen molar-refractivity contribution in [3.63, 3.8) is 0 Å². The minimum atomic E-state index is 0.0682. The van der Waals surface area contributed by atoms with Crippen molar-refractivity contribution in [2.75, 3.05) is 0 Å². The fourth-order valence-corrected chi connectivity index (χ4v) is 0.714. The average Bonchev–Trinajstić information content (AvgIpc) is 1.88. The van der Waals surface area contributed by atoms with Gasteiger partial charge >= 0.3 is 0 Å². The Labute approximate surface area is 71.7 Å². The molecule has 4 heteroatoms. The van der Waals surface area contributed by atoms with Gasteiger partial charge < -0.3 is 11.5 Å². The summed E-state index contributed by atoms with van der Waals surface area (Å²) in [6.45, 7) is 3.76. The van der Waals surface area contributed by atoms with Gasteiger partial charge in [0.15, 0.2) is 0 Å². The lowest BCUT2D eigenvalue weighted by Crippen LogP contribution is -2.18. The Morgan fingerprint density at radius 3 is 2.00 bits per heavy atom. The summed E-state index contributed by atoms with van der Waals surface area (Å²) in [7, 11) is 0. The van der Waals surface area contributed by atoms with Crippen LogP contribution in [0.2, 0.25) is 0 Å². The van der Waals surface area contributed by atoms with Gasteiger partial charge in [-0.05, 0) is 5.92 Å². The first-order valence-corrected chi connectivity index (χ1v) is 3.61. The molecule has 11 heavy (non-hydrogen) atoms. The highest BCUT2D eigenvalue weighted by molar-refractivity contribution is 7.80. The Kier molecular flexibility index (Phi) is 3.55. The van der Waals surface area contributed by atoms with E-state index in [0.29, 0.717) is 5.70 Å². The maximum Gasteiger partial charge on any atom is 0.116 e. The van der Waals surface area contributed by atoms with Gasteiger partial charge in [-0.25, -0.2) is 0 Å². The van der Waals surface area contributed by atoms with E-state index in [-0.39, 0.29) is 16.5 Å². The first-order chi connectivity index (χ1) is 5.00. The van der Waals surface area contributed by atoms with Crippen molar-refractivity contribution in [3.05, 3.63) is 11.3 Å². The van der Waals surface area contributed by atoms with Crippen LogP contribution in [0.25, 0.3) is 0 Å². The average molecular weight is 169 g/mol. The SMILES string of the molecule is CC(C)/C(N)=C(/C#N)C(N)=S. The minimum absolute atomic E-state index is 0.0682. The van der Waals surface area contributed by atoms with Gasteiger partial charge in [-0.3, -0.25) is 0 Å². The van der Waals surface area contributed by atoms with E-state index in [9.17, 15) is 0 Å². The molecule has 0 saturated carbocycles. The van der Waals surface area contributed by atoms with Crippen molar-refractivity contribution in [2.45, 2.75) is 13.8 Å². The highest BCUT2D eigenvalue weighted by atomic mass is 32.1. The lowest BCUT2D eigenvalue weighted by Gasteiger charge is -2.06. The second-order valence-corrected chi connectivity index (χ2v) is 2.90. The van der Waals surface area contributed by atoms with Crippen molar-refractivity contribution in [1.29, 1.82) is 5.26 Å². The largest absolute Gasteiger partial charge is 0.401 e. The second-order valence-electron chi connectivity index (χ2n) is 2.46. The van der Waals surface area contributed by atoms with E-state index in [1.165, 1.54) is 0 Å². The molecular weight excluding hydrogens is 158 g/mol. The first kappa shape index (κ1) is 9.92. The van der Waals surface area contributed by atoms with E-state index in [2.05, 4.69) is 12.2 Å². The molecule has 0 heterocycles. The summed E-state index contributed by atoms with van der Waals surface area (Å²) < 4.78 is 0. The van der Waals surface area contributed by atoms with Crippen LogP contribution in [-0.4, -0.2) is 4.99 Å². The zero-order valence-corrected chi connectivity index (χ0v) is 7.40. The molecule has 0 aliphatic carbocycles. The van der Waals surface area contributed by atoms with E-state index in [1.54, 1.807) is 0 Å². The minimum Gasteiger partial charge on any atom is -0.401 e. The van der Waals surface area contributed by atoms with Crippen molar-refractivity contribution in [1.82, 2.24) is 0 Å². The number of rotatable bonds is 2. The zero-order valence-electron chi connectivity index (χ0n) is 6.59. The van der Waals surface area contributed by atoms with E-state index >= 15 is 0 Å². The quantitative estimate of drug-likeness (QED) is 0.362. The standard InChI is InChI=1S/C7H11N3S/c1-4(2)6(9)5(3-8)7(10)11/h4H,9H2,1-2H3,(H2,10,11)/b6-5+. The Morgan fingerprint density at radius 1 is 1.45 bits per heavy atom. The van der Waals surface area contributed by atoms with Crippen LogP contribution in [0.3, 0.4) is 0 Å². The third kappa shape index (κ3) is 2.56. The summed E-state index contributed by atoms with van der Waals surface area (Å²) in [6.07, 6.45) is 0. The van der Waals surface area contributed by atoms with Gasteiger partial charge in [0.25, 0.3) is 0 Å². The summed E-state index contributed by atoms with van der Waals surface area (Å²) in [4.78, 5) is 0.0682. The van der Waals surface area contributed by atoms with Gasteiger partial charge in [0.2, 0.25) is 0 Å². The number of thiocarbonyl (C=S) groups is 1. The van der Waals surface area contributed by atoms with Crippen LogP contribution in [0, 0.1) is 17.2 Å². The van der Waals surface area contributed by atoms with Crippen LogP contribution in [-0.2, 0) is 0 Å². The number of nitrogens with zero attached hydrogens (tertiary/aromatic N) is 1. The molecule has 0 aliphatic rings. The third-order valence-corrected chi connectivity index (χ3v) is 1.47. The topological polar surface area (TPSA) is 75.8 Å². The first-order valence-electron chi connectivity index (χ1n) is 3.20. The van der Waals surface area contributed by atoms with Crippen molar-refractivity contribution in [3.8, 4) is 6.07 Å². The highest BCUT2D eigenvalue weighted by Crippen LogP contribution is 2.08. The molecule has 0 spiro atoms. The molecule has 0 aromatic rings. The number of hydrogen-bond acceptors (Lipinski definition) is 3. The number of nitriles is 1. The van der Waals surface area contributed by atoms with Gasteiger partial charge in [0.05, 0.1) is 0 Å². The fraction of sp³-hybridized carbons (Fsp3) is 0.429. The molecule has 0 amide bonds. The predicted octanol–water partition coefficient (Wildman–Crippen LogP) is 0.665. The summed E-state index contributed by atoms with van der Waals surface area (Å²) in [5, 5.41) is 8.56. The molecule has 0 radical (unpaired) electrons. The van der Waals surface area contributed by atoms with Gasteiger partial charge in [-0.15, -0.1) is 0 Å². The summed E-state index contributed by atoms with van der Waals surface area (Å²) in [6, 6.07) is 1.87. The molecule has 0 aromatic heterocycles. The molecular formula is C7H11N3S. The normalized spacial score (nSPS) is 12.2. The van der Waals surface area contributed by atoms with Crippen LogP contribution in [0.1, 0.15) is 13.8 Å². The van der Waals surface area contributed by atoms with Gasteiger partial charge in [-0.2, -0.15) is 5.26 Å². The third-order valence-electron chi connectivity index (χ3n) is 1.27. The van der Waals surface area contributed by atoms with E-state index in [1.807, 2.05) is 19.9 Å². The molecule has 0 aliphatic heterocycles. The highest BCUT2D eigenvalue weighted by Gasteiger charge is 2.08. The van der Waals surface area contributed by atoms with E-state index < -0.39 is 0 Å². The van der Waals surface area contributed by atoms with Crippen molar-refractivity contribution < 1.29 is 0 Å². The lowest BCUT2D eigenvalue weighted by molar-refractivity contribution is 0.754. The van der Waals surface area contributed by atoms with Crippen molar-refractivity contribution in [2.24, 2.45) is 17.4 Å². The molecule has 0 fully saturated rings. The van der Waals surface area contributed by atoms with Crippen LogP contribution < -0.4 is 11.5 Å². The molecule has 0 aromatic carbocycles. The van der Waals surface area contributed by atoms with Crippen LogP contribution in [0.5, 0.6) is 0 Å². The molecule has 0 bridgehead atoms. The second kappa shape index (κ2) is 3.94. The van der Waals surface area contributed by atoms with Crippen molar-refractivity contribution >= 4 is 17.2 Å². The summed E-state index contributed by atoms with van der Waals surface area (Å²) in [5.74, 6) is 0.103. The Morgan fingerprint density at radius 2 is 1.91 bits per heavy atom. The zero-order chi connectivity index (χ0) is 9.02. The number of hydrogen-bond donors (Lipinski definition) is 2.